The van der Waals surface area contributed by atoms with Crippen LogP contribution < -0.4 is 4.90 Å². The molecule has 10 aromatic rings. The van der Waals surface area contributed by atoms with E-state index in [1.807, 2.05) is 0 Å². The van der Waals surface area contributed by atoms with Gasteiger partial charge in [-0.15, -0.1) is 0 Å². The third-order valence-corrected chi connectivity index (χ3v) is 11.3. The van der Waals surface area contributed by atoms with Crippen molar-refractivity contribution in [3.8, 4) is 66.8 Å². The Kier molecular flexibility index (Phi) is 9.68. The molecule has 0 fully saturated rings. The molecule has 0 amide bonds. The highest BCUT2D eigenvalue weighted by molar-refractivity contribution is 6.08. The fraction of sp³-hybridized carbons (Fsp3) is 0. The lowest BCUT2D eigenvalue weighted by atomic mass is 9.90. The van der Waals surface area contributed by atoms with Gasteiger partial charge < -0.3 is 4.90 Å². The minimum Gasteiger partial charge on any atom is -0.310 e. The Balaban J connectivity index is 1.07. The van der Waals surface area contributed by atoms with Gasteiger partial charge in [-0.05, 0) is 102 Å². The van der Waals surface area contributed by atoms with Crippen molar-refractivity contribution in [1.82, 2.24) is 0 Å². The first kappa shape index (κ1) is 35.7. The summed E-state index contributed by atoms with van der Waals surface area (Å²) >= 11 is 0. The highest BCUT2D eigenvalue weighted by Gasteiger charge is 2.20. The normalized spacial score (nSPS) is 11.1. The Morgan fingerprint density at radius 3 is 0.966 bits per heavy atom. The number of rotatable bonds is 9. The summed E-state index contributed by atoms with van der Waals surface area (Å²) in [6.07, 6.45) is 0. The van der Waals surface area contributed by atoms with Crippen molar-refractivity contribution in [3.63, 3.8) is 0 Å². The van der Waals surface area contributed by atoms with E-state index in [1.54, 1.807) is 0 Å². The van der Waals surface area contributed by atoms with Gasteiger partial charge >= 0.3 is 0 Å². The number of anilines is 3. The summed E-state index contributed by atoms with van der Waals surface area (Å²) in [5, 5.41) is 2.47. The van der Waals surface area contributed by atoms with Crippen molar-refractivity contribution in [3.05, 3.63) is 249 Å². The van der Waals surface area contributed by atoms with Crippen LogP contribution in [0, 0.1) is 0 Å². The lowest BCUT2D eigenvalue weighted by molar-refractivity contribution is 1.28. The third-order valence-electron chi connectivity index (χ3n) is 11.3. The standard InChI is InChI=1S/C58H41N/c1-4-14-42(15-5-1)44-26-30-46(31-27-44)48-34-38-52(39-35-48)59(53-40-36-49(37-41-53)47-32-28-45(29-33-47)43-16-6-2-7-17-43)57-25-11-10-22-55(57)56-24-13-21-51-20-12-23-54(58(51)56)50-18-8-3-9-19-50/h1-41H. The fourth-order valence-electron chi connectivity index (χ4n) is 8.32. The minimum atomic E-state index is 1.09. The van der Waals surface area contributed by atoms with E-state index in [-0.39, 0.29) is 0 Å². The minimum absolute atomic E-state index is 1.09. The summed E-state index contributed by atoms with van der Waals surface area (Å²) in [5.74, 6) is 0. The molecule has 0 saturated carbocycles. The number of benzene rings is 10. The number of nitrogens with zero attached hydrogens (tertiary/aromatic N) is 1. The number of fused-ring (bicyclic) bond motifs is 1. The second-order valence-corrected chi connectivity index (χ2v) is 14.9. The van der Waals surface area contributed by atoms with Crippen LogP contribution in [0.4, 0.5) is 17.1 Å². The number of hydrogen-bond donors (Lipinski definition) is 0. The maximum atomic E-state index is 2.41. The van der Waals surface area contributed by atoms with Crippen LogP contribution in [0.25, 0.3) is 77.5 Å². The monoisotopic (exact) mass is 751 g/mol. The molecule has 10 aromatic carbocycles. The van der Waals surface area contributed by atoms with Gasteiger partial charge in [-0.3, -0.25) is 0 Å². The molecule has 0 unspecified atom stereocenters. The highest BCUT2D eigenvalue weighted by Crippen LogP contribution is 2.45. The molecule has 0 aliphatic carbocycles. The molecule has 1 nitrogen and oxygen atoms in total. The van der Waals surface area contributed by atoms with Gasteiger partial charge in [-0.25, -0.2) is 0 Å². The zero-order valence-electron chi connectivity index (χ0n) is 32.6. The van der Waals surface area contributed by atoms with Crippen LogP contribution in [0.15, 0.2) is 249 Å². The Morgan fingerprint density at radius 2 is 0.525 bits per heavy atom. The van der Waals surface area contributed by atoms with Crippen LogP contribution in [0.3, 0.4) is 0 Å². The van der Waals surface area contributed by atoms with E-state index in [2.05, 4.69) is 254 Å². The Morgan fingerprint density at radius 1 is 0.203 bits per heavy atom. The molecule has 59 heavy (non-hydrogen) atoms. The van der Waals surface area contributed by atoms with Gasteiger partial charge in [-0.2, -0.15) is 0 Å². The predicted molar refractivity (Wildman–Crippen MR) is 251 cm³/mol. The molecule has 0 bridgehead atoms. The van der Waals surface area contributed by atoms with E-state index >= 15 is 0 Å². The van der Waals surface area contributed by atoms with Crippen molar-refractivity contribution in [2.75, 3.05) is 4.90 Å². The average Bonchev–Trinajstić information content (AvgIpc) is 3.33. The fourth-order valence-corrected chi connectivity index (χ4v) is 8.32. The van der Waals surface area contributed by atoms with Crippen LogP contribution in [0.5, 0.6) is 0 Å². The molecular formula is C58H41N. The van der Waals surface area contributed by atoms with Gasteiger partial charge in [0.1, 0.15) is 0 Å². The van der Waals surface area contributed by atoms with E-state index in [9.17, 15) is 0 Å². The van der Waals surface area contributed by atoms with Gasteiger partial charge in [0.2, 0.25) is 0 Å². The van der Waals surface area contributed by atoms with Crippen LogP contribution in [-0.2, 0) is 0 Å². The molecular weight excluding hydrogens is 711 g/mol. The molecule has 0 spiro atoms. The van der Waals surface area contributed by atoms with Crippen molar-refractivity contribution >= 4 is 27.8 Å². The van der Waals surface area contributed by atoms with Gasteiger partial charge in [0.15, 0.2) is 0 Å². The van der Waals surface area contributed by atoms with E-state index < -0.39 is 0 Å². The summed E-state index contributed by atoms with van der Waals surface area (Å²) in [7, 11) is 0. The molecule has 0 atom stereocenters. The lowest BCUT2D eigenvalue weighted by Gasteiger charge is -2.29. The molecule has 0 radical (unpaired) electrons. The van der Waals surface area contributed by atoms with Crippen molar-refractivity contribution < 1.29 is 0 Å². The largest absolute Gasteiger partial charge is 0.310 e. The summed E-state index contributed by atoms with van der Waals surface area (Å²) < 4.78 is 0. The average molecular weight is 752 g/mol. The Bertz CT molecular complexity index is 2840. The van der Waals surface area contributed by atoms with Crippen molar-refractivity contribution in [2.45, 2.75) is 0 Å². The third kappa shape index (κ3) is 7.23. The molecule has 278 valence electrons. The summed E-state index contributed by atoms with van der Waals surface area (Å²) in [4.78, 5) is 2.41. The van der Waals surface area contributed by atoms with E-state index in [1.165, 1.54) is 77.5 Å². The topological polar surface area (TPSA) is 3.24 Å². The summed E-state index contributed by atoms with van der Waals surface area (Å²) in [5.41, 5.74) is 17.7. The summed E-state index contributed by atoms with van der Waals surface area (Å²) in [6.45, 7) is 0. The lowest BCUT2D eigenvalue weighted by Crippen LogP contribution is -2.11. The first-order valence-corrected chi connectivity index (χ1v) is 20.3. The zero-order valence-corrected chi connectivity index (χ0v) is 32.6. The second kappa shape index (κ2) is 16.0. The number of hydrogen-bond acceptors (Lipinski definition) is 1. The first-order chi connectivity index (χ1) is 29.3. The molecule has 0 aliphatic heterocycles. The van der Waals surface area contributed by atoms with Crippen molar-refractivity contribution in [1.29, 1.82) is 0 Å². The maximum Gasteiger partial charge on any atom is 0.0540 e. The SMILES string of the molecule is c1ccc(-c2ccc(-c3ccc(N(c4ccc(-c5ccc(-c6ccccc6)cc5)cc4)c4ccccc4-c4cccc5cccc(-c6ccccc6)c45)cc3)cc2)cc1. The van der Waals surface area contributed by atoms with Crippen LogP contribution in [0.1, 0.15) is 0 Å². The van der Waals surface area contributed by atoms with E-state index in [4.69, 9.17) is 0 Å². The zero-order chi connectivity index (χ0) is 39.4. The highest BCUT2D eigenvalue weighted by atomic mass is 15.1. The molecule has 0 heterocycles. The molecule has 0 N–H and O–H groups in total. The maximum absolute atomic E-state index is 2.41. The van der Waals surface area contributed by atoms with E-state index in [0.717, 1.165) is 17.1 Å². The van der Waals surface area contributed by atoms with Gasteiger partial charge in [0.05, 0.1) is 5.69 Å². The van der Waals surface area contributed by atoms with Crippen LogP contribution in [-0.4, -0.2) is 0 Å². The summed E-state index contributed by atoms with van der Waals surface area (Å²) in [6, 6.07) is 89.8. The Labute approximate surface area is 346 Å². The quantitative estimate of drug-likeness (QED) is 0.142. The Hall–Kier alpha value is -7.74. The van der Waals surface area contributed by atoms with Crippen LogP contribution >= 0.6 is 0 Å². The van der Waals surface area contributed by atoms with Gasteiger partial charge in [0.25, 0.3) is 0 Å². The molecule has 0 aliphatic rings. The second-order valence-electron chi connectivity index (χ2n) is 14.9. The number of para-hydroxylation sites is 1. The van der Waals surface area contributed by atoms with E-state index in [0.29, 0.717) is 0 Å². The van der Waals surface area contributed by atoms with Crippen molar-refractivity contribution in [2.24, 2.45) is 0 Å². The molecule has 0 saturated heterocycles. The predicted octanol–water partition coefficient (Wildman–Crippen LogP) is 16.3. The molecule has 1 heteroatoms. The van der Waals surface area contributed by atoms with Crippen LogP contribution in [0.2, 0.25) is 0 Å². The molecule has 0 aromatic heterocycles. The first-order valence-electron chi connectivity index (χ1n) is 20.3. The smallest absolute Gasteiger partial charge is 0.0540 e. The molecule has 10 rings (SSSR count). The van der Waals surface area contributed by atoms with Gasteiger partial charge in [-0.1, -0.05) is 218 Å². The van der Waals surface area contributed by atoms with Gasteiger partial charge in [0, 0.05) is 16.9 Å².